The molecule has 0 fully saturated rings. The van der Waals surface area contributed by atoms with Crippen LogP contribution < -0.4 is 0 Å². The van der Waals surface area contributed by atoms with Crippen molar-refractivity contribution in [3.8, 4) is 5.75 Å². The number of aliphatic carboxylic acids is 1. The maximum absolute atomic E-state index is 10.5. The summed E-state index contributed by atoms with van der Waals surface area (Å²) in [5.41, 5.74) is 1.49. The van der Waals surface area contributed by atoms with Crippen LogP contribution in [0.5, 0.6) is 5.75 Å². The van der Waals surface area contributed by atoms with E-state index in [9.17, 15) is 9.90 Å². The van der Waals surface area contributed by atoms with E-state index in [0.717, 1.165) is 5.56 Å². The lowest BCUT2D eigenvalue weighted by Crippen LogP contribution is -2.04. The Bertz CT molecular complexity index is 372. The minimum absolute atomic E-state index is 0.0591. The van der Waals surface area contributed by atoms with Crippen LogP contribution in [0.2, 0.25) is 0 Å². The predicted octanol–water partition coefficient (Wildman–Crippen LogP) is 1.44. The highest BCUT2D eigenvalue weighted by molar-refractivity contribution is 5.68. The third-order valence-corrected chi connectivity index (χ3v) is 2.32. The first-order valence-corrected chi connectivity index (χ1v) is 4.32. The highest BCUT2D eigenvalue weighted by Gasteiger charge is 2.27. The van der Waals surface area contributed by atoms with Gasteiger partial charge in [0.15, 0.2) is 0 Å². The zero-order valence-corrected chi connectivity index (χ0v) is 7.43. The van der Waals surface area contributed by atoms with Crippen LogP contribution in [0.4, 0.5) is 0 Å². The van der Waals surface area contributed by atoms with Gasteiger partial charge in [0.25, 0.3) is 0 Å². The van der Waals surface area contributed by atoms with Crippen LogP contribution in [-0.4, -0.2) is 16.2 Å². The SMILES string of the molecule is O=C(O)CC1OCc2c(O)cccc21. The fourth-order valence-electron chi connectivity index (χ4n) is 1.65. The van der Waals surface area contributed by atoms with Gasteiger partial charge in [0.2, 0.25) is 0 Å². The molecular weight excluding hydrogens is 184 g/mol. The summed E-state index contributed by atoms with van der Waals surface area (Å²) in [6.07, 6.45) is -0.481. The Morgan fingerprint density at radius 1 is 1.57 bits per heavy atom. The van der Waals surface area contributed by atoms with Crippen LogP contribution in [0, 0.1) is 0 Å². The van der Waals surface area contributed by atoms with Crippen molar-refractivity contribution in [2.24, 2.45) is 0 Å². The van der Waals surface area contributed by atoms with Gasteiger partial charge in [0.05, 0.1) is 19.1 Å². The first-order valence-electron chi connectivity index (χ1n) is 4.32. The number of ether oxygens (including phenoxy) is 1. The third-order valence-electron chi connectivity index (χ3n) is 2.32. The Labute approximate surface area is 80.7 Å². The van der Waals surface area contributed by atoms with Crippen LogP contribution in [0.15, 0.2) is 18.2 Å². The van der Waals surface area contributed by atoms with Crippen molar-refractivity contribution in [3.63, 3.8) is 0 Å². The molecule has 0 radical (unpaired) electrons. The number of carbonyl (C=O) groups is 1. The maximum Gasteiger partial charge on any atom is 0.306 e. The molecule has 14 heavy (non-hydrogen) atoms. The normalized spacial score (nSPS) is 19.3. The molecule has 1 atom stereocenters. The standard InChI is InChI=1S/C10H10O4/c11-8-3-1-2-6-7(8)5-14-9(6)4-10(12)13/h1-3,9,11H,4-5H2,(H,12,13). The van der Waals surface area contributed by atoms with E-state index in [1.807, 2.05) is 0 Å². The number of fused-ring (bicyclic) bond motifs is 1. The van der Waals surface area contributed by atoms with Crippen molar-refractivity contribution in [3.05, 3.63) is 29.3 Å². The van der Waals surface area contributed by atoms with Crippen LogP contribution >= 0.6 is 0 Å². The molecule has 0 aliphatic carbocycles. The largest absolute Gasteiger partial charge is 0.508 e. The second-order valence-corrected chi connectivity index (χ2v) is 3.24. The highest BCUT2D eigenvalue weighted by Crippen LogP contribution is 2.37. The maximum atomic E-state index is 10.5. The lowest BCUT2D eigenvalue weighted by atomic mass is 10.0. The van der Waals surface area contributed by atoms with Crippen LogP contribution in [0.1, 0.15) is 23.7 Å². The summed E-state index contributed by atoms with van der Waals surface area (Å²) in [5, 5.41) is 18.1. The molecule has 0 amide bonds. The topological polar surface area (TPSA) is 66.8 Å². The summed E-state index contributed by atoms with van der Waals surface area (Å²) >= 11 is 0. The van der Waals surface area contributed by atoms with E-state index in [0.29, 0.717) is 12.2 Å². The van der Waals surface area contributed by atoms with Crippen molar-refractivity contribution in [2.75, 3.05) is 0 Å². The Hall–Kier alpha value is -1.55. The van der Waals surface area contributed by atoms with Crippen molar-refractivity contribution in [1.82, 2.24) is 0 Å². The zero-order valence-electron chi connectivity index (χ0n) is 7.43. The number of phenolic OH excluding ortho intramolecular Hbond substituents is 1. The fourth-order valence-corrected chi connectivity index (χ4v) is 1.65. The molecular formula is C10H10O4. The van der Waals surface area contributed by atoms with Gasteiger partial charge in [-0.1, -0.05) is 12.1 Å². The van der Waals surface area contributed by atoms with E-state index < -0.39 is 12.1 Å². The van der Waals surface area contributed by atoms with Gasteiger partial charge in [-0.2, -0.15) is 0 Å². The summed E-state index contributed by atoms with van der Waals surface area (Å²) in [6, 6.07) is 5.05. The van der Waals surface area contributed by atoms with Crippen molar-refractivity contribution in [2.45, 2.75) is 19.1 Å². The van der Waals surface area contributed by atoms with Crippen molar-refractivity contribution < 1.29 is 19.7 Å². The number of rotatable bonds is 2. The Morgan fingerprint density at radius 2 is 2.36 bits per heavy atom. The second kappa shape index (κ2) is 3.31. The minimum Gasteiger partial charge on any atom is -0.508 e. The Balaban J connectivity index is 2.30. The quantitative estimate of drug-likeness (QED) is 0.747. The number of carboxylic acids is 1. The summed E-state index contributed by atoms with van der Waals surface area (Å²) in [6.45, 7) is 0.292. The molecule has 2 rings (SSSR count). The van der Waals surface area contributed by atoms with Crippen molar-refractivity contribution >= 4 is 5.97 Å². The molecule has 1 aromatic carbocycles. The smallest absolute Gasteiger partial charge is 0.306 e. The van der Waals surface area contributed by atoms with Gasteiger partial charge in [-0.25, -0.2) is 0 Å². The molecule has 0 saturated heterocycles. The number of hydrogen-bond acceptors (Lipinski definition) is 3. The molecule has 4 heteroatoms. The highest BCUT2D eigenvalue weighted by atomic mass is 16.5. The van der Waals surface area contributed by atoms with E-state index in [-0.39, 0.29) is 12.2 Å². The molecule has 1 heterocycles. The van der Waals surface area contributed by atoms with Crippen LogP contribution in [-0.2, 0) is 16.1 Å². The van der Waals surface area contributed by atoms with E-state index in [4.69, 9.17) is 9.84 Å². The summed E-state index contributed by atoms with van der Waals surface area (Å²) in [7, 11) is 0. The van der Waals surface area contributed by atoms with E-state index in [1.54, 1.807) is 18.2 Å². The summed E-state index contributed by atoms with van der Waals surface area (Å²) in [4.78, 5) is 10.5. The fraction of sp³-hybridized carbons (Fsp3) is 0.300. The Kier molecular flexibility index (Phi) is 2.13. The van der Waals surface area contributed by atoms with Gasteiger partial charge in [0.1, 0.15) is 5.75 Å². The summed E-state index contributed by atoms with van der Waals surface area (Å²) < 4.78 is 5.27. The Morgan fingerprint density at radius 3 is 3.07 bits per heavy atom. The number of benzene rings is 1. The molecule has 0 bridgehead atoms. The number of aromatic hydroxyl groups is 1. The molecule has 1 aliphatic heterocycles. The molecule has 4 nitrogen and oxygen atoms in total. The minimum atomic E-state index is -0.897. The zero-order chi connectivity index (χ0) is 10.1. The van der Waals surface area contributed by atoms with E-state index >= 15 is 0 Å². The monoisotopic (exact) mass is 194 g/mol. The average molecular weight is 194 g/mol. The van der Waals surface area contributed by atoms with Crippen LogP contribution in [0.25, 0.3) is 0 Å². The first kappa shape index (κ1) is 9.02. The summed E-state index contributed by atoms with van der Waals surface area (Å²) in [5.74, 6) is -0.721. The van der Waals surface area contributed by atoms with Crippen molar-refractivity contribution in [1.29, 1.82) is 0 Å². The van der Waals surface area contributed by atoms with Gasteiger partial charge in [-0.15, -0.1) is 0 Å². The molecule has 1 aliphatic rings. The molecule has 0 spiro atoms. The number of carboxylic acid groups (broad SMARTS) is 1. The van der Waals surface area contributed by atoms with Gasteiger partial charge in [-0.3, -0.25) is 4.79 Å². The lowest BCUT2D eigenvalue weighted by Gasteiger charge is -2.07. The predicted molar refractivity (Wildman–Crippen MR) is 47.9 cm³/mol. The van der Waals surface area contributed by atoms with Crippen LogP contribution in [0.3, 0.4) is 0 Å². The van der Waals surface area contributed by atoms with E-state index in [2.05, 4.69) is 0 Å². The molecule has 2 N–H and O–H groups in total. The molecule has 0 aromatic heterocycles. The molecule has 0 saturated carbocycles. The number of phenols is 1. The molecule has 1 aromatic rings. The van der Waals surface area contributed by atoms with Gasteiger partial charge >= 0.3 is 5.97 Å². The number of hydrogen-bond donors (Lipinski definition) is 2. The van der Waals surface area contributed by atoms with Gasteiger partial charge < -0.3 is 14.9 Å². The second-order valence-electron chi connectivity index (χ2n) is 3.24. The lowest BCUT2D eigenvalue weighted by molar-refractivity contribution is -0.140. The van der Waals surface area contributed by atoms with Gasteiger partial charge in [0, 0.05) is 5.56 Å². The average Bonchev–Trinajstić information content (AvgIpc) is 2.49. The first-order chi connectivity index (χ1) is 6.68. The molecule has 1 unspecified atom stereocenters. The van der Waals surface area contributed by atoms with E-state index in [1.165, 1.54) is 0 Å². The molecule has 74 valence electrons. The third kappa shape index (κ3) is 1.44. The van der Waals surface area contributed by atoms with Gasteiger partial charge in [-0.05, 0) is 11.6 Å².